The molecule has 6 nitrogen and oxygen atoms in total. The fourth-order valence-corrected chi connectivity index (χ4v) is 4.00. The first-order valence-electron chi connectivity index (χ1n) is 9.33. The van der Waals surface area contributed by atoms with Crippen LogP contribution in [0.2, 0.25) is 0 Å². The van der Waals surface area contributed by atoms with Gasteiger partial charge in [-0.2, -0.15) is 0 Å². The Kier molecular flexibility index (Phi) is 4.31. The zero-order chi connectivity index (χ0) is 18.3. The van der Waals surface area contributed by atoms with E-state index in [4.69, 9.17) is 9.47 Å². The van der Waals surface area contributed by atoms with Gasteiger partial charge in [-0.1, -0.05) is 0 Å². The molecule has 6 heteroatoms. The van der Waals surface area contributed by atoms with E-state index in [1.165, 1.54) is 0 Å². The number of nitrogens with zero attached hydrogens (tertiary/aromatic N) is 1. The molecule has 0 atom stereocenters. The van der Waals surface area contributed by atoms with Crippen molar-refractivity contribution in [1.29, 1.82) is 0 Å². The molecule has 1 aromatic heterocycles. The Morgan fingerprint density at radius 2 is 1.85 bits per heavy atom. The summed E-state index contributed by atoms with van der Waals surface area (Å²) in [4.78, 5) is 18.0. The minimum atomic E-state index is -0.642. The van der Waals surface area contributed by atoms with E-state index in [-0.39, 0.29) is 5.91 Å². The van der Waals surface area contributed by atoms with Crippen LogP contribution < -0.4 is 9.47 Å². The third-order valence-corrected chi connectivity index (χ3v) is 5.20. The average molecular weight is 358 g/mol. The molecular weight excluding hydrogens is 332 g/mol. The molecule has 1 saturated heterocycles. The van der Waals surface area contributed by atoms with Gasteiger partial charge >= 0.3 is 0 Å². The zero-order valence-corrected chi connectivity index (χ0v) is 15.4. The van der Waals surface area contributed by atoms with Gasteiger partial charge in [-0.25, -0.2) is 0 Å². The number of rotatable bonds is 3. The van der Waals surface area contributed by atoms with Crippen LogP contribution in [-0.4, -0.2) is 52.8 Å². The third kappa shape index (κ3) is 3.51. The van der Waals surface area contributed by atoms with E-state index < -0.39 is 5.60 Å². The molecule has 1 fully saturated rings. The Balaban J connectivity index is 1.47. The van der Waals surface area contributed by atoms with Crippen LogP contribution >= 0.6 is 0 Å². The number of H-pyrrole nitrogens is 1. The van der Waals surface area contributed by atoms with E-state index >= 15 is 0 Å². The number of amides is 1. The minimum absolute atomic E-state index is 0.0303. The van der Waals surface area contributed by atoms with Gasteiger partial charge in [-0.05, 0) is 51.2 Å². The van der Waals surface area contributed by atoms with Gasteiger partial charge in [0.25, 0.3) is 5.91 Å². The normalized spacial score (nSPS) is 18.3. The molecule has 4 rings (SSSR count). The van der Waals surface area contributed by atoms with E-state index in [0.717, 1.165) is 54.8 Å². The molecule has 2 aliphatic rings. The van der Waals surface area contributed by atoms with Crippen LogP contribution in [0.1, 0.15) is 43.6 Å². The number of carbonyl (C=O) groups excluding carboxylic acids is 1. The van der Waals surface area contributed by atoms with Crippen molar-refractivity contribution in [3.05, 3.63) is 23.9 Å². The number of fused-ring (bicyclic) bond motifs is 2. The van der Waals surface area contributed by atoms with Crippen molar-refractivity contribution >= 4 is 16.8 Å². The van der Waals surface area contributed by atoms with Crippen molar-refractivity contribution in [1.82, 2.24) is 9.88 Å². The molecule has 3 heterocycles. The molecule has 140 valence electrons. The molecule has 0 bridgehead atoms. The highest BCUT2D eigenvalue weighted by Crippen LogP contribution is 2.35. The topological polar surface area (TPSA) is 74.8 Å². The first-order valence-corrected chi connectivity index (χ1v) is 9.33. The number of aromatic amines is 1. The highest BCUT2D eigenvalue weighted by atomic mass is 16.6. The lowest BCUT2D eigenvalue weighted by atomic mass is 9.86. The predicted octanol–water partition coefficient (Wildman–Crippen LogP) is 2.95. The van der Waals surface area contributed by atoms with Gasteiger partial charge in [0.15, 0.2) is 11.5 Å². The van der Waals surface area contributed by atoms with E-state index in [0.29, 0.717) is 24.8 Å². The summed E-state index contributed by atoms with van der Waals surface area (Å²) in [5.74, 6) is 1.96. The summed E-state index contributed by atoms with van der Waals surface area (Å²) in [5, 5.41) is 10.9. The Bertz CT molecular complexity index is 770. The number of aromatic nitrogens is 1. The summed E-state index contributed by atoms with van der Waals surface area (Å²) in [7, 11) is 0. The van der Waals surface area contributed by atoms with Crippen LogP contribution in [0, 0.1) is 5.92 Å². The van der Waals surface area contributed by atoms with Crippen LogP contribution in [0.15, 0.2) is 18.2 Å². The van der Waals surface area contributed by atoms with E-state index in [1.54, 1.807) is 0 Å². The molecule has 1 amide bonds. The maximum atomic E-state index is 12.9. The largest absolute Gasteiger partial charge is 0.486 e. The average Bonchev–Trinajstić information content (AvgIpc) is 3.01. The second kappa shape index (κ2) is 6.50. The van der Waals surface area contributed by atoms with Crippen molar-refractivity contribution in [2.75, 3.05) is 26.3 Å². The smallest absolute Gasteiger partial charge is 0.270 e. The number of benzene rings is 1. The van der Waals surface area contributed by atoms with Crippen molar-refractivity contribution < 1.29 is 19.4 Å². The maximum absolute atomic E-state index is 12.9. The van der Waals surface area contributed by atoms with Crippen LogP contribution in [0.25, 0.3) is 10.9 Å². The van der Waals surface area contributed by atoms with Crippen molar-refractivity contribution in [3.8, 4) is 11.5 Å². The van der Waals surface area contributed by atoms with E-state index in [2.05, 4.69) is 4.98 Å². The van der Waals surface area contributed by atoms with Gasteiger partial charge < -0.3 is 24.5 Å². The monoisotopic (exact) mass is 358 g/mol. The second-order valence-corrected chi connectivity index (χ2v) is 8.02. The molecule has 26 heavy (non-hydrogen) atoms. The number of piperidine rings is 1. The highest BCUT2D eigenvalue weighted by molar-refractivity contribution is 5.98. The van der Waals surface area contributed by atoms with E-state index in [1.807, 2.05) is 36.9 Å². The third-order valence-electron chi connectivity index (χ3n) is 5.20. The summed E-state index contributed by atoms with van der Waals surface area (Å²) in [6.45, 7) is 6.26. The summed E-state index contributed by atoms with van der Waals surface area (Å²) < 4.78 is 11.2. The van der Waals surface area contributed by atoms with Gasteiger partial charge in [-0.3, -0.25) is 4.79 Å². The number of aliphatic hydroxyl groups is 1. The number of hydrogen-bond donors (Lipinski definition) is 2. The molecule has 2 aromatic rings. The van der Waals surface area contributed by atoms with E-state index in [9.17, 15) is 9.90 Å². The number of hydrogen-bond acceptors (Lipinski definition) is 4. The summed E-state index contributed by atoms with van der Waals surface area (Å²) in [6.07, 6.45) is 2.66. The standard InChI is InChI=1S/C20H26N2O4/c1-20(2,24)12-13-3-5-22(6-4-13)19(23)16-9-14-10-17-18(11-15(14)21-16)26-8-7-25-17/h9-11,13,21,24H,3-8,12H2,1-2H3. The molecule has 0 unspecified atom stereocenters. The summed E-state index contributed by atoms with van der Waals surface area (Å²) >= 11 is 0. The minimum Gasteiger partial charge on any atom is -0.486 e. The van der Waals surface area contributed by atoms with Gasteiger partial charge in [0, 0.05) is 30.1 Å². The summed E-state index contributed by atoms with van der Waals surface area (Å²) in [5.41, 5.74) is 0.842. The molecule has 2 aliphatic heterocycles. The van der Waals surface area contributed by atoms with Gasteiger partial charge in [0.1, 0.15) is 18.9 Å². The molecule has 1 aromatic carbocycles. The first-order chi connectivity index (χ1) is 12.4. The lowest BCUT2D eigenvalue weighted by molar-refractivity contribution is 0.0357. The Morgan fingerprint density at radius 3 is 2.50 bits per heavy atom. The lowest BCUT2D eigenvalue weighted by Gasteiger charge is -2.34. The fourth-order valence-electron chi connectivity index (χ4n) is 4.00. The molecule has 0 saturated carbocycles. The Hall–Kier alpha value is -2.21. The maximum Gasteiger partial charge on any atom is 0.270 e. The quantitative estimate of drug-likeness (QED) is 0.885. The van der Waals surface area contributed by atoms with Crippen LogP contribution in [-0.2, 0) is 0 Å². The molecule has 2 N–H and O–H groups in total. The number of ether oxygens (including phenoxy) is 2. The van der Waals surface area contributed by atoms with Crippen LogP contribution in [0.5, 0.6) is 11.5 Å². The summed E-state index contributed by atoms with van der Waals surface area (Å²) in [6, 6.07) is 5.71. The Labute approximate surface area is 153 Å². The van der Waals surface area contributed by atoms with Gasteiger partial charge in [-0.15, -0.1) is 0 Å². The first kappa shape index (κ1) is 17.2. The fraction of sp³-hybridized carbons (Fsp3) is 0.550. The van der Waals surface area contributed by atoms with Crippen molar-refractivity contribution in [2.45, 2.75) is 38.7 Å². The number of likely N-dealkylation sites (tertiary alicyclic amines) is 1. The van der Waals surface area contributed by atoms with Crippen molar-refractivity contribution in [2.24, 2.45) is 5.92 Å². The van der Waals surface area contributed by atoms with Gasteiger partial charge in [0.05, 0.1) is 5.60 Å². The molecule has 0 radical (unpaired) electrons. The zero-order valence-electron chi connectivity index (χ0n) is 15.4. The second-order valence-electron chi connectivity index (χ2n) is 8.02. The predicted molar refractivity (Wildman–Crippen MR) is 98.8 cm³/mol. The molecular formula is C20H26N2O4. The highest BCUT2D eigenvalue weighted by Gasteiger charge is 2.28. The van der Waals surface area contributed by atoms with Crippen LogP contribution in [0.3, 0.4) is 0 Å². The van der Waals surface area contributed by atoms with Gasteiger partial charge in [0.2, 0.25) is 0 Å². The van der Waals surface area contributed by atoms with Crippen LogP contribution in [0.4, 0.5) is 0 Å². The SMILES string of the molecule is CC(C)(O)CC1CCN(C(=O)c2cc3cc4c(cc3[nH]2)OCCO4)CC1. The Morgan fingerprint density at radius 1 is 1.19 bits per heavy atom. The molecule has 0 spiro atoms. The number of nitrogens with one attached hydrogen (secondary N) is 1. The molecule has 0 aliphatic carbocycles. The van der Waals surface area contributed by atoms with Crippen molar-refractivity contribution in [3.63, 3.8) is 0 Å². The number of carbonyl (C=O) groups is 1. The lowest BCUT2D eigenvalue weighted by Crippen LogP contribution is -2.40.